The lowest BCUT2D eigenvalue weighted by Gasteiger charge is -2.13. The average molecular weight is 306 g/mol. The van der Waals surface area contributed by atoms with Gasteiger partial charge in [0.05, 0.1) is 12.2 Å². The van der Waals surface area contributed by atoms with Crippen molar-refractivity contribution >= 4 is 0 Å². The molecular weight excluding hydrogens is 284 g/mol. The zero-order chi connectivity index (χ0) is 16.1. The first-order valence-electron chi connectivity index (χ1n) is 7.70. The summed E-state index contributed by atoms with van der Waals surface area (Å²) in [5.41, 5.74) is -0.794. The molecule has 0 aromatic carbocycles. The Labute approximate surface area is 129 Å². The first-order chi connectivity index (χ1) is 10.5. The van der Waals surface area contributed by atoms with Crippen LogP contribution < -0.4 is 11.2 Å². The van der Waals surface area contributed by atoms with E-state index in [2.05, 4.69) is 23.7 Å². The van der Waals surface area contributed by atoms with E-state index in [4.69, 9.17) is 4.74 Å². The topological polar surface area (TPSA) is 84.3 Å². The highest BCUT2D eigenvalue weighted by Crippen LogP contribution is 2.26. The molecule has 1 aromatic rings. The molecule has 6 nitrogen and oxygen atoms in total. The molecule has 2 N–H and O–H groups in total. The number of hydrogen-bond donors (Lipinski definition) is 2. The highest BCUT2D eigenvalue weighted by atomic mass is 16.5. The van der Waals surface area contributed by atoms with Crippen LogP contribution in [0.1, 0.15) is 57.7 Å². The van der Waals surface area contributed by atoms with E-state index in [0.29, 0.717) is 6.42 Å². The molecule has 1 aliphatic rings. The van der Waals surface area contributed by atoms with Gasteiger partial charge in [0.2, 0.25) is 0 Å². The molecule has 0 saturated carbocycles. The lowest BCUT2D eigenvalue weighted by atomic mass is 10.2. The maximum Gasteiger partial charge on any atom is 0.330 e. The maximum absolute atomic E-state index is 11.9. The van der Waals surface area contributed by atoms with Crippen LogP contribution in [0.5, 0.6) is 0 Å². The van der Waals surface area contributed by atoms with Crippen molar-refractivity contribution in [2.24, 2.45) is 0 Å². The summed E-state index contributed by atoms with van der Waals surface area (Å²) in [6, 6.07) is 0. The van der Waals surface area contributed by atoms with Gasteiger partial charge in [-0.15, -0.1) is 0 Å². The molecule has 2 rings (SSSR count). The molecule has 0 spiro atoms. The van der Waals surface area contributed by atoms with Crippen molar-refractivity contribution in [2.75, 3.05) is 0 Å². The number of aliphatic hydroxyl groups is 1. The molecule has 0 bridgehead atoms. The Morgan fingerprint density at radius 1 is 1.45 bits per heavy atom. The molecule has 1 aromatic heterocycles. The van der Waals surface area contributed by atoms with Crippen LogP contribution >= 0.6 is 0 Å². The molecule has 3 atom stereocenters. The number of nitrogens with one attached hydrogen (secondary N) is 1. The number of aromatic amines is 1. The monoisotopic (exact) mass is 306 g/mol. The summed E-state index contributed by atoms with van der Waals surface area (Å²) in [4.78, 5) is 26.0. The van der Waals surface area contributed by atoms with Crippen LogP contribution in [0, 0.1) is 11.8 Å². The van der Waals surface area contributed by atoms with Crippen molar-refractivity contribution in [3.05, 3.63) is 32.6 Å². The van der Waals surface area contributed by atoms with Crippen molar-refractivity contribution in [3.63, 3.8) is 0 Å². The number of hydrogen-bond acceptors (Lipinski definition) is 4. The normalized spacial score (nSPS) is 24.0. The minimum absolute atomic E-state index is 0.244. The summed E-state index contributed by atoms with van der Waals surface area (Å²) >= 11 is 0. The van der Waals surface area contributed by atoms with Crippen LogP contribution in [0.15, 0.2) is 15.8 Å². The van der Waals surface area contributed by atoms with Crippen molar-refractivity contribution < 1.29 is 9.84 Å². The molecule has 1 saturated heterocycles. The zero-order valence-corrected chi connectivity index (χ0v) is 13.0. The number of ether oxygens (including phenoxy) is 1. The Balaban J connectivity index is 2.20. The number of aromatic nitrogens is 2. The van der Waals surface area contributed by atoms with Gasteiger partial charge in [-0.05, 0) is 13.3 Å². The van der Waals surface area contributed by atoms with Gasteiger partial charge >= 0.3 is 5.69 Å². The minimum atomic E-state index is -0.618. The van der Waals surface area contributed by atoms with Gasteiger partial charge in [0, 0.05) is 19.0 Å². The molecule has 2 heterocycles. The third-order valence-corrected chi connectivity index (χ3v) is 3.76. The summed E-state index contributed by atoms with van der Waals surface area (Å²) in [7, 11) is 0. The van der Waals surface area contributed by atoms with Gasteiger partial charge in [-0.2, -0.15) is 0 Å². The molecule has 0 aliphatic carbocycles. The van der Waals surface area contributed by atoms with Gasteiger partial charge in [-0.1, -0.05) is 31.6 Å². The van der Waals surface area contributed by atoms with Crippen molar-refractivity contribution in [1.29, 1.82) is 0 Å². The quantitative estimate of drug-likeness (QED) is 0.645. The molecule has 120 valence electrons. The van der Waals surface area contributed by atoms with Crippen molar-refractivity contribution in [1.82, 2.24) is 9.55 Å². The Morgan fingerprint density at radius 3 is 2.86 bits per heavy atom. The number of aliphatic hydroxyl groups excluding tert-OH is 1. The Kier molecular flexibility index (Phi) is 5.58. The first-order valence-corrected chi connectivity index (χ1v) is 7.70. The van der Waals surface area contributed by atoms with Crippen LogP contribution in [0.25, 0.3) is 0 Å². The summed E-state index contributed by atoms with van der Waals surface area (Å²) in [5.74, 6) is 5.77. The second-order valence-corrected chi connectivity index (χ2v) is 5.57. The lowest BCUT2D eigenvalue weighted by molar-refractivity contribution is -0.0101. The highest BCUT2D eigenvalue weighted by molar-refractivity contribution is 5.29. The Hall–Kier alpha value is -1.84. The molecule has 0 unspecified atom stereocenters. The van der Waals surface area contributed by atoms with Crippen LogP contribution in [-0.2, 0) is 4.74 Å². The fourth-order valence-electron chi connectivity index (χ4n) is 2.38. The predicted molar refractivity (Wildman–Crippen MR) is 82.6 cm³/mol. The SMILES string of the molecule is CCCCCC#Cc1cn([C@H]2C[C@@H](O)[C@@H](C)O2)c(=O)[nH]c1=O. The third kappa shape index (κ3) is 3.87. The first kappa shape index (κ1) is 16.5. The molecular formula is C16H22N2O4. The minimum Gasteiger partial charge on any atom is -0.390 e. The average Bonchev–Trinajstić information content (AvgIpc) is 2.80. The number of unbranched alkanes of at least 4 members (excludes halogenated alkanes) is 3. The predicted octanol–water partition coefficient (Wildman–Crippen LogP) is 1.14. The summed E-state index contributed by atoms with van der Waals surface area (Å²) in [5, 5.41) is 9.73. The van der Waals surface area contributed by atoms with Crippen LogP contribution in [-0.4, -0.2) is 26.9 Å². The van der Waals surface area contributed by atoms with E-state index in [1.54, 1.807) is 6.92 Å². The molecule has 22 heavy (non-hydrogen) atoms. The summed E-state index contributed by atoms with van der Waals surface area (Å²) < 4.78 is 6.83. The van der Waals surface area contributed by atoms with Crippen molar-refractivity contribution in [2.45, 2.75) is 64.4 Å². The number of H-pyrrole nitrogens is 1. The van der Waals surface area contributed by atoms with Gasteiger partial charge in [0.25, 0.3) is 5.56 Å². The molecule has 0 amide bonds. The van der Waals surface area contributed by atoms with E-state index in [9.17, 15) is 14.7 Å². The van der Waals surface area contributed by atoms with Gasteiger partial charge in [-0.3, -0.25) is 14.3 Å². The van der Waals surface area contributed by atoms with Crippen molar-refractivity contribution in [3.8, 4) is 11.8 Å². The molecule has 0 radical (unpaired) electrons. The van der Waals surface area contributed by atoms with E-state index in [1.807, 2.05) is 0 Å². The molecule has 1 fully saturated rings. The zero-order valence-electron chi connectivity index (χ0n) is 13.0. The largest absolute Gasteiger partial charge is 0.390 e. The van der Waals surface area contributed by atoms with E-state index in [-0.39, 0.29) is 11.7 Å². The molecule has 6 heteroatoms. The van der Waals surface area contributed by atoms with E-state index in [0.717, 1.165) is 25.7 Å². The van der Waals surface area contributed by atoms with Gasteiger partial charge in [0.1, 0.15) is 11.8 Å². The van der Waals surface area contributed by atoms with E-state index < -0.39 is 23.6 Å². The second kappa shape index (κ2) is 7.43. The van der Waals surface area contributed by atoms with Crippen LogP contribution in [0.2, 0.25) is 0 Å². The van der Waals surface area contributed by atoms with Crippen LogP contribution in [0.4, 0.5) is 0 Å². The summed E-state index contributed by atoms with van der Waals surface area (Å²) in [6.45, 7) is 3.86. The Bertz CT molecular complexity index is 670. The Morgan fingerprint density at radius 2 is 2.23 bits per heavy atom. The number of rotatable bonds is 4. The third-order valence-electron chi connectivity index (χ3n) is 3.76. The van der Waals surface area contributed by atoms with E-state index >= 15 is 0 Å². The maximum atomic E-state index is 11.9. The standard InChI is InChI=1S/C16H22N2O4/c1-3-4-5-6-7-8-12-10-18(16(21)17-15(12)20)14-9-13(19)11(2)22-14/h10-11,13-14,19H,3-6,9H2,1-2H3,(H,17,20,21)/t11-,13-,14-/m1/s1. The number of nitrogens with zero attached hydrogens (tertiary/aromatic N) is 1. The lowest BCUT2D eigenvalue weighted by Crippen LogP contribution is -2.33. The highest BCUT2D eigenvalue weighted by Gasteiger charge is 2.32. The molecule has 1 aliphatic heterocycles. The van der Waals surface area contributed by atoms with Gasteiger partial charge in [0.15, 0.2) is 0 Å². The smallest absolute Gasteiger partial charge is 0.330 e. The van der Waals surface area contributed by atoms with Crippen LogP contribution in [0.3, 0.4) is 0 Å². The summed E-state index contributed by atoms with van der Waals surface area (Å²) in [6.07, 6.45) is 4.15. The van der Waals surface area contributed by atoms with Gasteiger partial charge in [-0.25, -0.2) is 4.79 Å². The van der Waals surface area contributed by atoms with E-state index in [1.165, 1.54) is 10.8 Å². The second-order valence-electron chi connectivity index (χ2n) is 5.57. The fraction of sp³-hybridized carbons (Fsp3) is 0.625. The van der Waals surface area contributed by atoms with Gasteiger partial charge < -0.3 is 9.84 Å². The fourth-order valence-corrected chi connectivity index (χ4v) is 2.38.